The van der Waals surface area contributed by atoms with Crippen molar-refractivity contribution in [2.75, 3.05) is 26.7 Å². The van der Waals surface area contributed by atoms with Gasteiger partial charge in [-0.2, -0.15) is 17.0 Å². The third-order valence-electron chi connectivity index (χ3n) is 2.99. The summed E-state index contributed by atoms with van der Waals surface area (Å²) in [4.78, 5) is 4.33. The van der Waals surface area contributed by atoms with Crippen molar-refractivity contribution in [1.29, 1.82) is 0 Å². The Labute approximate surface area is 121 Å². The van der Waals surface area contributed by atoms with Crippen LogP contribution in [0.3, 0.4) is 0 Å². The van der Waals surface area contributed by atoms with E-state index >= 15 is 0 Å². The van der Waals surface area contributed by atoms with Crippen LogP contribution in [0.4, 0.5) is 0 Å². The molecular weight excluding hydrogens is 278 g/mol. The van der Waals surface area contributed by atoms with E-state index in [4.69, 9.17) is 5.11 Å². The van der Waals surface area contributed by atoms with Gasteiger partial charge in [-0.05, 0) is 25.5 Å². The Morgan fingerprint density at radius 1 is 1.35 bits per heavy atom. The molecule has 0 aromatic carbocycles. The second-order valence-corrected chi connectivity index (χ2v) is 6.64. The van der Waals surface area contributed by atoms with Gasteiger partial charge in [-0.25, -0.2) is 0 Å². The summed E-state index contributed by atoms with van der Waals surface area (Å²) in [5, 5.41) is 8.80. The van der Waals surface area contributed by atoms with Crippen LogP contribution in [-0.4, -0.2) is 53.9 Å². The fourth-order valence-corrected chi connectivity index (χ4v) is 3.21. The average molecular weight is 301 g/mol. The van der Waals surface area contributed by atoms with E-state index in [1.807, 2.05) is 25.1 Å². The number of pyridine rings is 1. The zero-order chi connectivity index (χ0) is 15.2. The van der Waals surface area contributed by atoms with Gasteiger partial charge in [0.1, 0.15) is 0 Å². The van der Waals surface area contributed by atoms with Gasteiger partial charge in [0.05, 0.1) is 12.2 Å². The molecule has 0 aliphatic carbocycles. The van der Waals surface area contributed by atoms with Gasteiger partial charge in [-0.15, -0.1) is 0 Å². The average Bonchev–Trinajstić information content (AvgIpc) is 2.41. The number of hydrogen-bond acceptors (Lipinski definition) is 4. The molecule has 1 rings (SSSR count). The van der Waals surface area contributed by atoms with Crippen LogP contribution in [0.25, 0.3) is 0 Å². The first-order chi connectivity index (χ1) is 9.41. The topological polar surface area (TPSA) is 73.7 Å². The van der Waals surface area contributed by atoms with Crippen LogP contribution < -0.4 is 0 Å². The minimum absolute atomic E-state index is 0.0224. The number of aromatic nitrogens is 1. The molecule has 0 spiro atoms. The first kappa shape index (κ1) is 17.0. The van der Waals surface area contributed by atoms with Crippen LogP contribution in [0.1, 0.15) is 24.7 Å². The standard InChI is InChI=1S/C13H23N3O3S/c1-4-16(11-13-8-5-7-12(2)14-13)20(18,19)15(3)9-6-10-17/h5,7-8,17H,4,6,9-11H2,1-3H3. The van der Waals surface area contributed by atoms with Crippen molar-refractivity contribution in [3.8, 4) is 0 Å². The molecule has 0 fully saturated rings. The van der Waals surface area contributed by atoms with Gasteiger partial charge in [-0.1, -0.05) is 13.0 Å². The summed E-state index contributed by atoms with van der Waals surface area (Å²) < 4.78 is 27.4. The van der Waals surface area contributed by atoms with Crippen molar-refractivity contribution in [1.82, 2.24) is 13.6 Å². The van der Waals surface area contributed by atoms with Gasteiger partial charge in [0.2, 0.25) is 0 Å². The van der Waals surface area contributed by atoms with Crippen LogP contribution in [-0.2, 0) is 16.8 Å². The zero-order valence-corrected chi connectivity index (χ0v) is 13.1. The molecule has 114 valence electrons. The summed E-state index contributed by atoms with van der Waals surface area (Å²) >= 11 is 0. The van der Waals surface area contributed by atoms with E-state index in [9.17, 15) is 8.42 Å². The monoisotopic (exact) mass is 301 g/mol. The first-order valence-electron chi connectivity index (χ1n) is 6.66. The number of aliphatic hydroxyl groups excluding tert-OH is 1. The molecule has 0 bridgehead atoms. The molecule has 0 aliphatic heterocycles. The lowest BCUT2D eigenvalue weighted by Gasteiger charge is -2.26. The second-order valence-electron chi connectivity index (χ2n) is 4.60. The van der Waals surface area contributed by atoms with Gasteiger partial charge in [0, 0.05) is 32.4 Å². The van der Waals surface area contributed by atoms with E-state index in [0.29, 0.717) is 19.5 Å². The van der Waals surface area contributed by atoms with Crippen molar-refractivity contribution < 1.29 is 13.5 Å². The molecule has 1 heterocycles. The van der Waals surface area contributed by atoms with E-state index < -0.39 is 10.2 Å². The predicted octanol–water partition coefficient (Wildman–Crippen LogP) is 0.771. The lowest BCUT2D eigenvalue weighted by molar-refractivity contribution is 0.271. The molecule has 0 aliphatic rings. The van der Waals surface area contributed by atoms with Crippen LogP contribution >= 0.6 is 0 Å². The molecule has 1 N–H and O–H groups in total. The smallest absolute Gasteiger partial charge is 0.282 e. The van der Waals surface area contributed by atoms with Gasteiger partial charge in [0.25, 0.3) is 10.2 Å². The predicted molar refractivity (Wildman–Crippen MR) is 78.3 cm³/mol. The lowest BCUT2D eigenvalue weighted by atomic mass is 10.3. The van der Waals surface area contributed by atoms with E-state index in [0.717, 1.165) is 11.4 Å². The van der Waals surface area contributed by atoms with Gasteiger partial charge in [0.15, 0.2) is 0 Å². The Kier molecular flexibility index (Phi) is 6.54. The van der Waals surface area contributed by atoms with Crippen LogP contribution in [0.2, 0.25) is 0 Å². The lowest BCUT2D eigenvalue weighted by Crippen LogP contribution is -2.42. The zero-order valence-electron chi connectivity index (χ0n) is 12.3. The molecule has 0 saturated carbocycles. The first-order valence-corrected chi connectivity index (χ1v) is 8.06. The molecular formula is C13H23N3O3S. The largest absolute Gasteiger partial charge is 0.396 e. The maximum Gasteiger partial charge on any atom is 0.282 e. The molecule has 0 saturated heterocycles. The van der Waals surface area contributed by atoms with Gasteiger partial charge in [-0.3, -0.25) is 4.98 Å². The maximum absolute atomic E-state index is 12.4. The highest BCUT2D eigenvalue weighted by atomic mass is 32.2. The molecule has 20 heavy (non-hydrogen) atoms. The molecule has 7 heteroatoms. The van der Waals surface area contributed by atoms with Crippen molar-refractivity contribution in [3.05, 3.63) is 29.6 Å². The fraction of sp³-hybridized carbons (Fsp3) is 0.615. The molecule has 1 aromatic heterocycles. The fourth-order valence-electron chi connectivity index (χ4n) is 1.83. The number of hydrogen-bond donors (Lipinski definition) is 1. The molecule has 1 aromatic rings. The number of aliphatic hydroxyl groups is 1. The SMILES string of the molecule is CCN(Cc1cccc(C)n1)S(=O)(=O)N(C)CCCO. The highest BCUT2D eigenvalue weighted by Gasteiger charge is 2.25. The molecule has 6 nitrogen and oxygen atoms in total. The minimum atomic E-state index is -3.52. The summed E-state index contributed by atoms with van der Waals surface area (Å²) in [7, 11) is -1.99. The third kappa shape index (κ3) is 4.52. The third-order valence-corrected chi connectivity index (χ3v) is 5.00. The van der Waals surface area contributed by atoms with Crippen molar-refractivity contribution in [3.63, 3.8) is 0 Å². The van der Waals surface area contributed by atoms with Crippen LogP contribution in [0, 0.1) is 6.92 Å². The highest BCUT2D eigenvalue weighted by Crippen LogP contribution is 2.11. The van der Waals surface area contributed by atoms with E-state index in [1.165, 1.54) is 15.7 Å². The Hall–Kier alpha value is -1.02. The van der Waals surface area contributed by atoms with Crippen molar-refractivity contribution in [2.45, 2.75) is 26.8 Å². The van der Waals surface area contributed by atoms with Crippen LogP contribution in [0.15, 0.2) is 18.2 Å². The quantitative estimate of drug-likeness (QED) is 0.770. The maximum atomic E-state index is 12.4. The van der Waals surface area contributed by atoms with Gasteiger partial charge >= 0.3 is 0 Å². The van der Waals surface area contributed by atoms with E-state index in [-0.39, 0.29) is 13.2 Å². The Morgan fingerprint density at radius 3 is 2.60 bits per heavy atom. The second kappa shape index (κ2) is 7.68. The van der Waals surface area contributed by atoms with E-state index in [1.54, 1.807) is 6.92 Å². The number of nitrogens with zero attached hydrogens (tertiary/aromatic N) is 3. The van der Waals surface area contributed by atoms with Gasteiger partial charge < -0.3 is 5.11 Å². The van der Waals surface area contributed by atoms with Crippen molar-refractivity contribution >= 4 is 10.2 Å². The minimum Gasteiger partial charge on any atom is -0.396 e. The highest BCUT2D eigenvalue weighted by molar-refractivity contribution is 7.86. The normalized spacial score (nSPS) is 12.3. The van der Waals surface area contributed by atoms with Crippen LogP contribution in [0.5, 0.6) is 0 Å². The van der Waals surface area contributed by atoms with Crippen molar-refractivity contribution in [2.24, 2.45) is 0 Å². The summed E-state index contributed by atoms with van der Waals surface area (Å²) in [6.07, 6.45) is 0.427. The molecule has 0 radical (unpaired) electrons. The number of rotatable bonds is 8. The Bertz CT molecular complexity index is 519. The summed E-state index contributed by atoms with van der Waals surface area (Å²) in [6.45, 7) is 4.59. The summed E-state index contributed by atoms with van der Waals surface area (Å²) in [6, 6.07) is 5.56. The Morgan fingerprint density at radius 2 is 2.05 bits per heavy atom. The number of aryl methyl sites for hydroxylation is 1. The van der Waals surface area contributed by atoms with E-state index in [2.05, 4.69) is 4.98 Å². The molecule has 0 unspecified atom stereocenters. The molecule has 0 amide bonds. The molecule has 0 atom stereocenters. The Balaban J connectivity index is 2.84. The summed E-state index contributed by atoms with van der Waals surface area (Å²) in [5.74, 6) is 0. The summed E-state index contributed by atoms with van der Waals surface area (Å²) in [5.41, 5.74) is 1.59.